The van der Waals surface area contributed by atoms with Crippen LogP contribution in [0.1, 0.15) is 15.9 Å². The summed E-state index contributed by atoms with van der Waals surface area (Å²) in [7, 11) is 3.30. The number of para-hydroxylation sites is 1. The SMILES string of the molecule is CNc1c(C(=O)Nc2ccccc2C)c(=O)n(C)c2cccc(Cl)c12. The van der Waals surface area contributed by atoms with E-state index in [-0.39, 0.29) is 11.1 Å². The zero-order chi connectivity index (χ0) is 18.1. The number of aryl methyl sites for hydroxylation is 2. The maximum absolute atomic E-state index is 12.9. The highest BCUT2D eigenvalue weighted by atomic mass is 35.5. The molecule has 0 fully saturated rings. The molecule has 0 radical (unpaired) electrons. The Balaban J connectivity index is 2.24. The molecular formula is C19H18ClN3O2. The van der Waals surface area contributed by atoms with Crippen molar-refractivity contribution in [1.82, 2.24) is 4.57 Å². The van der Waals surface area contributed by atoms with Crippen molar-refractivity contribution in [2.24, 2.45) is 7.05 Å². The molecule has 25 heavy (non-hydrogen) atoms. The van der Waals surface area contributed by atoms with Gasteiger partial charge in [-0.3, -0.25) is 9.59 Å². The Bertz CT molecular complexity index is 1040. The van der Waals surface area contributed by atoms with Crippen LogP contribution in [-0.4, -0.2) is 17.5 Å². The number of halogens is 1. The Hall–Kier alpha value is -2.79. The van der Waals surface area contributed by atoms with Crippen molar-refractivity contribution in [2.75, 3.05) is 17.7 Å². The summed E-state index contributed by atoms with van der Waals surface area (Å²) in [6, 6.07) is 12.7. The molecule has 0 spiro atoms. The van der Waals surface area contributed by atoms with Crippen molar-refractivity contribution < 1.29 is 4.79 Å². The molecule has 0 aliphatic rings. The van der Waals surface area contributed by atoms with Crippen molar-refractivity contribution in [3.63, 3.8) is 0 Å². The number of fused-ring (bicyclic) bond motifs is 1. The van der Waals surface area contributed by atoms with Crippen LogP contribution in [-0.2, 0) is 7.05 Å². The molecule has 0 unspecified atom stereocenters. The molecule has 0 aliphatic carbocycles. The fraction of sp³-hybridized carbons (Fsp3) is 0.158. The van der Waals surface area contributed by atoms with E-state index in [9.17, 15) is 9.59 Å². The summed E-state index contributed by atoms with van der Waals surface area (Å²) in [6.07, 6.45) is 0. The lowest BCUT2D eigenvalue weighted by molar-refractivity contribution is 0.102. The minimum absolute atomic E-state index is 0.0360. The van der Waals surface area contributed by atoms with Crippen molar-refractivity contribution >= 4 is 39.8 Å². The molecule has 1 amide bonds. The highest BCUT2D eigenvalue weighted by molar-refractivity contribution is 6.37. The lowest BCUT2D eigenvalue weighted by atomic mass is 10.1. The second-order valence-corrected chi connectivity index (χ2v) is 6.17. The number of carbonyl (C=O) groups excluding carboxylic acids is 1. The minimum Gasteiger partial charge on any atom is -0.387 e. The summed E-state index contributed by atoms with van der Waals surface area (Å²) in [5.74, 6) is -0.471. The summed E-state index contributed by atoms with van der Waals surface area (Å²) in [5.41, 5.74) is 2.32. The maximum atomic E-state index is 12.9. The molecule has 3 aromatic rings. The van der Waals surface area contributed by atoms with Gasteiger partial charge in [0.1, 0.15) is 5.56 Å². The molecular weight excluding hydrogens is 338 g/mol. The van der Waals surface area contributed by atoms with Crippen LogP contribution in [0.5, 0.6) is 0 Å². The molecule has 1 heterocycles. The van der Waals surface area contributed by atoms with Crippen LogP contribution in [0.25, 0.3) is 10.9 Å². The molecule has 2 aromatic carbocycles. The Kier molecular flexibility index (Phi) is 4.51. The number of nitrogens with zero attached hydrogens (tertiary/aromatic N) is 1. The molecule has 1 aromatic heterocycles. The van der Waals surface area contributed by atoms with E-state index < -0.39 is 5.91 Å². The maximum Gasteiger partial charge on any atom is 0.265 e. The summed E-state index contributed by atoms with van der Waals surface area (Å²) >= 11 is 6.34. The standard InChI is InChI=1S/C19H18ClN3O2/c1-11-7-4-5-9-13(11)22-18(24)16-17(21-2)15-12(20)8-6-10-14(15)23(3)19(16)25/h4-10,21H,1-3H3,(H,22,24). The van der Waals surface area contributed by atoms with Crippen LogP contribution in [0.15, 0.2) is 47.3 Å². The van der Waals surface area contributed by atoms with Gasteiger partial charge in [-0.25, -0.2) is 0 Å². The lowest BCUT2D eigenvalue weighted by Crippen LogP contribution is -2.29. The van der Waals surface area contributed by atoms with Crippen LogP contribution >= 0.6 is 11.6 Å². The van der Waals surface area contributed by atoms with E-state index in [1.807, 2.05) is 25.1 Å². The number of aromatic nitrogens is 1. The highest BCUT2D eigenvalue weighted by Gasteiger charge is 2.22. The Morgan fingerprint density at radius 1 is 1.12 bits per heavy atom. The van der Waals surface area contributed by atoms with Crippen molar-refractivity contribution in [1.29, 1.82) is 0 Å². The predicted octanol–water partition coefficient (Wildman–Crippen LogP) is 3.79. The van der Waals surface area contributed by atoms with Crippen LogP contribution in [0, 0.1) is 6.92 Å². The van der Waals surface area contributed by atoms with Crippen LogP contribution in [0.2, 0.25) is 5.02 Å². The Morgan fingerprint density at radius 2 is 1.84 bits per heavy atom. The average molecular weight is 356 g/mol. The third kappa shape index (κ3) is 2.87. The fourth-order valence-electron chi connectivity index (χ4n) is 2.91. The van der Waals surface area contributed by atoms with Gasteiger partial charge in [0.25, 0.3) is 11.5 Å². The number of rotatable bonds is 3. The van der Waals surface area contributed by atoms with E-state index in [2.05, 4.69) is 10.6 Å². The monoisotopic (exact) mass is 355 g/mol. The number of carbonyl (C=O) groups is 1. The molecule has 0 bridgehead atoms. The van der Waals surface area contributed by atoms with Gasteiger partial charge in [-0.05, 0) is 30.7 Å². The van der Waals surface area contributed by atoms with Gasteiger partial charge in [-0.15, -0.1) is 0 Å². The summed E-state index contributed by atoms with van der Waals surface area (Å²) in [4.78, 5) is 25.7. The van der Waals surface area contributed by atoms with E-state index in [1.165, 1.54) is 4.57 Å². The zero-order valence-corrected chi connectivity index (χ0v) is 14.9. The lowest BCUT2D eigenvalue weighted by Gasteiger charge is -2.16. The molecule has 5 nitrogen and oxygen atoms in total. The summed E-state index contributed by atoms with van der Waals surface area (Å²) in [6.45, 7) is 1.89. The summed E-state index contributed by atoms with van der Waals surface area (Å²) in [5, 5.41) is 6.90. The topological polar surface area (TPSA) is 63.1 Å². The Morgan fingerprint density at radius 3 is 2.52 bits per heavy atom. The second kappa shape index (κ2) is 6.61. The van der Waals surface area contributed by atoms with Gasteiger partial charge < -0.3 is 15.2 Å². The largest absolute Gasteiger partial charge is 0.387 e. The molecule has 6 heteroatoms. The molecule has 0 saturated carbocycles. The first kappa shape index (κ1) is 17.0. The van der Waals surface area contributed by atoms with E-state index in [0.717, 1.165) is 5.56 Å². The van der Waals surface area contributed by atoms with Crippen LogP contribution in [0.3, 0.4) is 0 Å². The number of hydrogen-bond donors (Lipinski definition) is 2. The van der Waals surface area contributed by atoms with Crippen LogP contribution < -0.4 is 16.2 Å². The van der Waals surface area contributed by atoms with Gasteiger partial charge in [0, 0.05) is 25.2 Å². The number of nitrogens with one attached hydrogen (secondary N) is 2. The van der Waals surface area contributed by atoms with Crippen molar-refractivity contribution in [3.8, 4) is 0 Å². The third-order valence-corrected chi connectivity index (χ3v) is 4.56. The van der Waals surface area contributed by atoms with Gasteiger partial charge in [-0.2, -0.15) is 0 Å². The zero-order valence-electron chi connectivity index (χ0n) is 14.2. The highest BCUT2D eigenvalue weighted by Crippen LogP contribution is 2.31. The molecule has 2 N–H and O–H groups in total. The van der Waals surface area contributed by atoms with E-state index in [1.54, 1.807) is 38.4 Å². The second-order valence-electron chi connectivity index (χ2n) is 5.77. The first-order valence-electron chi connectivity index (χ1n) is 7.81. The number of anilines is 2. The molecule has 0 aliphatic heterocycles. The third-order valence-electron chi connectivity index (χ3n) is 4.24. The molecule has 0 atom stereocenters. The van der Waals surface area contributed by atoms with Gasteiger partial charge in [0.2, 0.25) is 0 Å². The quantitative estimate of drug-likeness (QED) is 0.751. The van der Waals surface area contributed by atoms with E-state index >= 15 is 0 Å². The number of hydrogen-bond acceptors (Lipinski definition) is 3. The number of amides is 1. The van der Waals surface area contributed by atoms with E-state index in [0.29, 0.717) is 27.3 Å². The fourth-order valence-corrected chi connectivity index (χ4v) is 3.17. The van der Waals surface area contributed by atoms with Gasteiger partial charge in [0.05, 0.1) is 16.2 Å². The Labute approximate surface area is 150 Å². The first-order valence-corrected chi connectivity index (χ1v) is 8.19. The number of benzene rings is 2. The number of pyridine rings is 1. The molecule has 128 valence electrons. The van der Waals surface area contributed by atoms with Crippen molar-refractivity contribution in [2.45, 2.75) is 6.92 Å². The van der Waals surface area contributed by atoms with Crippen LogP contribution in [0.4, 0.5) is 11.4 Å². The minimum atomic E-state index is -0.471. The van der Waals surface area contributed by atoms with Gasteiger partial charge in [0.15, 0.2) is 0 Å². The smallest absolute Gasteiger partial charge is 0.265 e. The summed E-state index contributed by atoms with van der Waals surface area (Å²) < 4.78 is 1.44. The first-order chi connectivity index (χ1) is 12.0. The average Bonchev–Trinajstić information content (AvgIpc) is 2.60. The molecule has 0 saturated heterocycles. The van der Waals surface area contributed by atoms with Gasteiger partial charge >= 0.3 is 0 Å². The molecule has 3 rings (SSSR count). The predicted molar refractivity (Wildman–Crippen MR) is 103 cm³/mol. The van der Waals surface area contributed by atoms with Crippen molar-refractivity contribution in [3.05, 3.63) is 69.0 Å². The normalized spacial score (nSPS) is 10.7. The van der Waals surface area contributed by atoms with Gasteiger partial charge in [-0.1, -0.05) is 35.9 Å². The van der Waals surface area contributed by atoms with E-state index in [4.69, 9.17) is 11.6 Å².